The molecule has 0 radical (unpaired) electrons. The average molecular weight is 259 g/mol. The zero-order valence-electron chi connectivity index (χ0n) is 11.7. The topological polar surface area (TPSA) is 70.0 Å². The number of aliphatic hydroxyl groups excluding tert-OH is 2. The molecule has 0 aliphatic carbocycles. The van der Waals surface area contributed by atoms with E-state index in [4.69, 9.17) is 9.84 Å². The van der Waals surface area contributed by atoms with Crippen LogP contribution in [0.2, 0.25) is 0 Å². The highest BCUT2D eigenvalue weighted by Gasteiger charge is 2.38. The van der Waals surface area contributed by atoms with E-state index in [9.17, 15) is 9.90 Å². The zero-order chi connectivity index (χ0) is 13.9. The molecular formula is C13H25NO4. The summed E-state index contributed by atoms with van der Waals surface area (Å²) in [6, 6.07) is -0.248. The Labute approximate surface area is 109 Å². The molecule has 1 amide bonds. The van der Waals surface area contributed by atoms with Crippen molar-refractivity contribution in [2.75, 3.05) is 13.2 Å². The van der Waals surface area contributed by atoms with Crippen molar-refractivity contribution in [3.63, 3.8) is 0 Å². The molecule has 1 aliphatic rings. The van der Waals surface area contributed by atoms with E-state index in [0.29, 0.717) is 6.54 Å². The van der Waals surface area contributed by atoms with Crippen LogP contribution in [0.5, 0.6) is 0 Å². The normalized spacial score (nSPS) is 23.9. The summed E-state index contributed by atoms with van der Waals surface area (Å²) in [6.45, 7) is 7.76. The van der Waals surface area contributed by atoms with Gasteiger partial charge in [-0.05, 0) is 33.6 Å². The Kier molecular flexibility index (Phi) is 4.99. The molecule has 0 bridgehead atoms. The maximum absolute atomic E-state index is 12.0. The number of carbonyl (C=O) groups is 1. The van der Waals surface area contributed by atoms with Crippen LogP contribution in [0.4, 0.5) is 4.79 Å². The second kappa shape index (κ2) is 5.89. The summed E-state index contributed by atoms with van der Waals surface area (Å²) in [4.78, 5) is 13.6. The lowest BCUT2D eigenvalue weighted by molar-refractivity contribution is -0.0130. The van der Waals surface area contributed by atoms with Crippen molar-refractivity contribution in [2.24, 2.45) is 5.92 Å². The molecule has 0 unspecified atom stereocenters. The first kappa shape index (κ1) is 15.2. The van der Waals surface area contributed by atoms with Gasteiger partial charge in [0.05, 0.1) is 12.1 Å². The smallest absolute Gasteiger partial charge is 0.410 e. The quantitative estimate of drug-likeness (QED) is 0.803. The van der Waals surface area contributed by atoms with Crippen molar-refractivity contribution in [1.29, 1.82) is 0 Å². The van der Waals surface area contributed by atoms with Crippen LogP contribution in [0.1, 0.15) is 40.5 Å². The van der Waals surface area contributed by atoms with Crippen molar-refractivity contribution in [2.45, 2.75) is 58.3 Å². The highest BCUT2D eigenvalue weighted by atomic mass is 16.6. The molecule has 1 heterocycles. The SMILES string of the molecule is C[C@@H](CO)[C@@H](O)[C@@H]1CCCN1C(=O)OC(C)(C)C. The van der Waals surface area contributed by atoms with Crippen LogP contribution < -0.4 is 0 Å². The van der Waals surface area contributed by atoms with Crippen LogP contribution in [0, 0.1) is 5.92 Å². The minimum atomic E-state index is -0.704. The van der Waals surface area contributed by atoms with Crippen molar-refractivity contribution in [3.05, 3.63) is 0 Å². The van der Waals surface area contributed by atoms with Crippen molar-refractivity contribution >= 4 is 6.09 Å². The standard InChI is InChI=1S/C13H25NO4/c1-9(8-15)11(16)10-6-5-7-14(10)12(17)18-13(2,3)4/h9-11,15-16H,5-8H2,1-4H3/t9-,10-,11+/m0/s1. The minimum absolute atomic E-state index is 0.0835. The van der Waals surface area contributed by atoms with Crippen LogP contribution in [-0.4, -0.2) is 52.1 Å². The van der Waals surface area contributed by atoms with Crippen LogP contribution in [0.3, 0.4) is 0 Å². The fraction of sp³-hybridized carbons (Fsp3) is 0.923. The predicted molar refractivity (Wildman–Crippen MR) is 68.2 cm³/mol. The Morgan fingerprint density at radius 1 is 1.50 bits per heavy atom. The Hall–Kier alpha value is -0.810. The van der Waals surface area contributed by atoms with E-state index in [1.165, 1.54) is 0 Å². The fourth-order valence-corrected chi connectivity index (χ4v) is 2.18. The third-order valence-electron chi connectivity index (χ3n) is 3.19. The molecule has 1 aliphatic heterocycles. The second-order valence-electron chi connectivity index (χ2n) is 6.03. The van der Waals surface area contributed by atoms with Gasteiger partial charge in [-0.1, -0.05) is 6.92 Å². The molecule has 18 heavy (non-hydrogen) atoms. The zero-order valence-corrected chi connectivity index (χ0v) is 11.7. The summed E-state index contributed by atoms with van der Waals surface area (Å²) < 4.78 is 5.33. The van der Waals surface area contributed by atoms with Gasteiger partial charge in [0, 0.05) is 19.1 Å². The third-order valence-corrected chi connectivity index (χ3v) is 3.19. The molecular weight excluding hydrogens is 234 g/mol. The molecule has 0 saturated carbocycles. The lowest BCUT2D eigenvalue weighted by Gasteiger charge is -2.32. The second-order valence-corrected chi connectivity index (χ2v) is 6.03. The van der Waals surface area contributed by atoms with Gasteiger partial charge in [0.2, 0.25) is 0 Å². The van der Waals surface area contributed by atoms with Gasteiger partial charge in [-0.15, -0.1) is 0 Å². The number of hydrogen-bond donors (Lipinski definition) is 2. The number of rotatable bonds is 3. The van der Waals surface area contributed by atoms with Gasteiger partial charge in [0.25, 0.3) is 0 Å². The van der Waals surface area contributed by atoms with Gasteiger partial charge in [0.1, 0.15) is 5.60 Å². The first-order valence-electron chi connectivity index (χ1n) is 6.55. The number of aliphatic hydroxyl groups is 2. The largest absolute Gasteiger partial charge is 0.444 e. The number of nitrogens with zero attached hydrogens (tertiary/aromatic N) is 1. The van der Waals surface area contributed by atoms with Crippen LogP contribution in [-0.2, 0) is 4.74 Å². The van der Waals surface area contributed by atoms with E-state index in [0.717, 1.165) is 12.8 Å². The molecule has 1 saturated heterocycles. The highest BCUT2D eigenvalue weighted by molar-refractivity contribution is 5.69. The van der Waals surface area contributed by atoms with Gasteiger partial charge in [0.15, 0.2) is 0 Å². The van der Waals surface area contributed by atoms with E-state index < -0.39 is 11.7 Å². The predicted octanol–water partition coefficient (Wildman–Crippen LogP) is 1.38. The molecule has 0 aromatic rings. The summed E-state index contributed by atoms with van der Waals surface area (Å²) in [5, 5.41) is 19.2. The number of hydrogen-bond acceptors (Lipinski definition) is 4. The van der Waals surface area contributed by atoms with E-state index >= 15 is 0 Å². The number of carbonyl (C=O) groups excluding carboxylic acids is 1. The van der Waals surface area contributed by atoms with E-state index in [1.54, 1.807) is 11.8 Å². The first-order valence-corrected chi connectivity index (χ1v) is 6.55. The Morgan fingerprint density at radius 2 is 2.11 bits per heavy atom. The number of likely N-dealkylation sites (tertiary alicyclic amines) is 1. The van der Waals surface area contributed by atoms with E-state index in [2.05, 4.69) is 0 Å². The van der Waals surface area contributed by atoms with Gasteiger partial charge in [-0.3, -0.25) is 0 Å². The molecule has 5 heteroatoms. The van der Waals surface area contributed by atoms with Gasteiger partial charge < -0.3 is 19.8 Å². The Morgan fingerprint density at radius 3 is 2.61 bits per heavy atom. The highest BCUT2D eigenvalue weighted by Crippen LogP contribution is 2.25. The van der Waals surface area contributed by atoms with Crippen molar-refractivity contribution < 1.29 is 19.7 Å². The summed E-state index contributed by atoms with van der Waals surface area (Å²) in [6.07, 6.45) is 0.531. The average Bonchev–Trinajstić information content (AvgIpc) is 2.73. The molecule has 0 aromatic heterocycles. The van der Waals surface area contributed by atoms with Crippen LogP contribution in [0.25, 0.3) is 0 Å². The van der Waals surface area contributed by atoms with Crippen molar-refractivity contribution in [1.82, 2.24) is 4.90 Å². The third kappa shape index (κ3) is 3.85. The van der Waals surface area contributed by atoms with E-state index in [1.807, 2.05) is 20.8 Å². The van der Waals surface area contributed by atoms with Crippen molar-refractivity contribution in [3.8, 4) is 0 Å². The summed E-state index contributed by atoms with van der Waals surface area (Å²) >= 11 is 0. The summed E-state index contributed by atoms with van der Waals surface area (Å²) in [5.74, 6) is -0.238. The molecule has 3 atom stereocenters. The van der Waals surface area contributed by atoms with Gasteiger partial charge >= 0.3 is 6.09 Å². The molecule has 0 aromatic carbocycles. The fourth-order valence-electron chi connectivity index (χ4n) is 2.18. The molecule has 1 rings (SSSR count). The maximum atomic E-state index is 12.0. The lowest BCUT2D eigenvalue weighted by atomic mass is 9.97. The summed E-state index contributed by atoms with van der Waals surface area (Å²) in [7, 11) is 0. The van der Waals surface area contributed by atoms with Crippen LogP contribution in [0.15, 0.2) is 0 Å². The maximum Gasteiger partial charge on any atom is 0.410 e. The monoisotopic (exact) mass is 259 g/mol. The Balaban J connectivity index is 2.67. The van der Waals surface area contributed by atoms with Gasteiger partial charge in [-0.2, -0.15) is 0 Å². The first-order chi connectivity index (χ1) is 8.26. The molecule has 0 spiro atoms. The van der Waals surface area contributed by atoms with Crippen LogP contribution >= 0.6 is 0 Å². The summed E-state index contributed by atoms with van der Waals surface area (Å²) in [5.41, 5.74) is -0.530. The number of amides is 1. The molecule has 5 nitrogen and oxygen atoms in total. The molecule has 106 valence electrons. The van der Waals surface area contributed by atoms with Gasteiger partial charge in [-0.25, -0.2) is 4.79 Å². The molecule has 2 N–H and O–H groups in total. The Bertz CT molecular complexity index is 287. The van der Waals surface area contributed by atoms with E-state index in [-0.39, 0.29) is 24.7 Å². The minimum Gasteiger partial charge on any atom is -0.444 e. The molecule has 1 fully saturated rings. The lowest BCUT2D eigenvalue weighted by Crippen LogP contribution is -2.47. The number of ether oxygens (including phenoxy) is 1.